The number of thioether (sulfide) groups is 1. The van der Waals surface area contributed by atoms with Crippen molar-refractivity contribution in [2.45, 2.75) is 10.4 Å². The van der Waals surface area contributed by atoms with Crippen LogP contribution in [0.25, 0.3) is 5.65 Å². The summed E-state index contributed by atoms with van der Waals surface area (Å²) in [7, 11) is 0. The van der Waals surface area contributed by atoms with Crippen LogP contribution in [0.3, 0.4) is 0 Å². The molecule has 0 unspecified atom stereocenters. The zero-order valence-corrected chi connectivity index (χ0v) is 7.89. The molecule has 4 nitrogen and oxygen atoms in total. The molecule has 0 spiro atoms. The highest BCUT2D eigenvalue weighted by Gasteiger charge is 2.29. The van der Waals surface area contributed by atoms with Gasteiger partial charge >= 0.3 is 11.2 Å². The first-order chi connectivity index (χ1) is 6.96. The number of H-pyrrole nitrogens is 1. The fraction of sp³-hybridized carbons (Fsp3) is 0.143. The number of hydrogen-bond donors (Lipinski definition) is 1. The Balaban J connectivity index is 2.44. The highest BCUT2D eigenvalue weighted by Crippen LogP contribution is 2.36. The molecule has 0 aromatic carbocycles. The maximum Gasteiger partial charge on any atom is 0.446 e. The predicted molar refractivity (Wildman–Crippen MR) is 47.7 cm³/mol. The number of rotatable bonds is 1. The number of pyridine rings is 1. The van der Waals surface area contributed by atoms with E-state index in [0.29, 0.717) is 0 Å². The highest BCUT2D eigenvalue weighted by atomic mass is 32.2. The second-order valence-electron chi connectivity index (χ2n) is 2.67. The number of aromatic nitrogens is 3. The van der Waals surface area contributed by atoms with Crippen molar-refractivity contribution in [1.29, 1.82) is 0 Å². The zero-order chi connectivity index (χ0) is 11.1. The first-order valence-corrected chi connectivity index (χ1v) is 4.60. The molecule has 15 heavy (non-hydrogen) atoms. The summed E-state index contributed by atoms with van der Waals surface area (Å²) in [4.78, 5) is 11.0. The smallest absolute Gasteiger partial charge is 0.250 e. The van der Waals surface area contributed by atoms with Gasteiger partial charge in [0.15, 0.2) is 5.65 Å². The van der Waals surface area contributed by atoms with E-state index in [1.54, 1.807) is 0 Å². The molecular formula is C7H4F3N3OS. The molecule has 0 bridgehead atoms. The lowest BCUT2D eigenvalue weighted by Crippen LogP contribution is -2.08. The number of halogens is 3. The molecule has 0 amide bonds. The average Bonchev–Trinajstić information content (AvgIpc) is 2.45. The van der Waals surface area contributed by atoms with Crippen molar-refractivity contribution in [2.75, 3.05) is 0 Å². The van der Waals surface area contributed by atoms with Crippen LogP contribution in [0.4, 0.5) is 13.2 Å². The Labute approximate surface area is 85.1 Å². The molecule has 0 saturated carbocycles. The maximum atomic E-state index is 12.0. The molecule has 8 heteroatoms. The average molecular weight is 235 g/mol. The van der Waals surface area contributed by atoms with Gasteiger partial charge in [0.25, 0.3) is 0 Å². The number of nitrogens with one attached hydrogen (secondary N) is 1. The predicted octanol–water partition coefficient (Wildman–Crippen LogP) is 1.63. The molecule has 2 heterocycles. The summed E-state index contributed by atoms with van der Waals surface area (Å²) in [6.45, 7) is 0. The van der Waals surface area contributed by atoms with E-state index in [0.717, 1.165) is 4.40 Å². The van der Waals surface area contributed by atoms with E-state index >= 15 is 0 Å². The van der Waals surface area contributed by atoms with E-state index in [1.165, 1.54) is 18.3 Å². The largest absolute Gasteiger partial charge is 0.446 e. The van der Waals surface area contributed by atoms with Crippen LogP contribution in [-0.4, -0.2) is 20.1 Å². The normalized spacial score (nSPS) is 12.2. The van der Waals surface area contributed by atoms with Crippen LogP contribution < -0.4 is 5.69 Å². The molecule has 0 aliphatic carbocycles. The van der Waals surface area contributed by atoms with Crippen LogP contribution in [0.5, 0.6) is 0 Å². The van der Waals surface area contributed by atoms with E-state index in [2.05, 4.69) is 10.2 Å². The van der Waals surface area contributed by atoms with Gasteiger partial charge in [0.1, 0.15) is 0 Å². The molecule has 0 fully saturated rings. The van der Waals surface area contributed by atoms with Gasteiger partial charge in [-0.1, -0.05) is 0 Å². The first kappa shape index (κ1) is 10.1. The Kier molecular flexibility index (Phi) is 2.22. The SMILES string of the molecule is O=c1[nH]nc2cc(SC(F)(F)F)ccn12. The Hall–Kier alpha value is -1.44. The van der Waals surface area contributed by atoms with Gasteiger partial charge in [0, 0.05) is 11.1 Å². The van der Waals surface area contributed by atoms with Gasteiger partial charge < -0.3 is 0 Å². The first-order valence-electron chi connectivity index (χ1n) is 3.78. The molecule has 2 rings (SSSR count). The summed E-state index contributed by atoms with van der Waals surface area (Å²) in [6.07, 6.45) is 1.25. The van der Waals surface area contributed by atoms with Gasteiger partial charge in [-0.25, -0.2) is 9.89 Å². The van der Waals surface area contributed by atoms with Crippen LogP contribution in [0.2, 0.25) is 0 Å². The van der Waals surface area contributed by atoms with E-state index < -0.39 is 11.2 Å². The highest BCUT2D eigenvalue weighted by molar-refractivity contribution is 8.00. The standard InChI is InChI=1S/C7H4F3N3OS/c8-7(9,10)15-4-1-2-13-5(3-4)11-12-6(13)14/h1-3H,(H,12,14). The minimum Gasteiger partial charge on any atom is -0.250 e. The fourth-order valence-corrected chi connectivity index (χ4v) is 1.64. The fourth-order valence-electron chi connectivity index (χ4n) is 1.08. The minimum absolute atomic E-state index is 0.00556. The molecule has 0 radical (unpaired) electrons. The lowest BCUT2D eigenvalue weighted by Gasteiger charge is -2.04. The summed E-state index contributed by atoms with van der Waals surface area (Å²) in [6, 6.07) is 2.40. The van der Waals surface area contributed by atoms with Crippen LogP contribution in [0.15, 0.2) is 28.0 Å². The Morgan fingerprint density at radius 2 is 2.20 bits per heavy atom. The van der Waals surface area contributed by atoms with Crippen LogP contribution in [0, 0.1) is 0 Å². The monoisotopic (exact) mass is 235 g/mol. The molecule has 2 aromatic rings. The van der Waals surface area contributed by atoms with E-state index in [-0.39, 0.29) is 22.3 Å². The van der Waals surface area contributed by atoms with Crippen LogP contribution in [0.1, 0.15) is 0 Å². The van der Waals surface area contributed by atoms with E-state index in [9.17, 15) is 18.0 Å². The van der Waals surface area contributed by atoms with E-state index in [1.807, 2.05) is 0 Å². The summed E-state index contributed by atoms with van der Waals surface area (Å²) in [5.74, 6) is 0. The van der Waals surface area contributed by atoms with Gasteiger partial charge in [-0.15, -0.1) is 0 Å². The lowest BCUT2D eigenvalue weighted by molar-refractivity contribution is -0.0328. The summed E-state index contributed by atoms with van der Waals surface area (Å²) in [5, 5.41) is 5.69. The molecule has 0 aliphatic rings. The number of aromatic amines is 1. The molecule has 0 aliphatic heterocycles. The third kappa shape index (κ3) is 2.14. The van der Waals surface area contributed by atoms with Crippen LogP contribution in [-0.2, 0) is 0 Å². The molecule has 2 aromatic heterocycles. The molecule has 0 saturated heterocycles. The minimum atomic E-state index is -4.34. The topological polar surface area (TPSA) is 50.2 Å². The molecule has 0 atom stereocenters. The third-order valence-electron chi connectivity index (χ3n) is 1.62. The number of alkyl halides is 3. The summed E-state index contributed by atoms with van der Waals surface area (Å²) < 4.78 is 37.2. The molecule has 80 valence electrons. The van der Waals surface area contributed by atoms with Crippen molar-refractivity contribution in [3.8, 4) is 0 Å². The van der Waals surface area contributed by atoms with Crippen LogP contribution >= 0.6 is 11.8 Å². The second kappa shape index (κ2) is 3.30. The van der Waals surface area contributed by atoms with Crippen molar-refractivity contribution in [1.82, 2.24) is 14.6 Å². The summed E-state index contributed by atoms with van der Waals surface area (Å²) >= 11 is -0.244. The molecular weight excluding hydrogens is 231 g/mol. The quantitative estimate of drug-likeness (QED) is 0.764. The Morgan fingerprint density at radius 1 is 1.47 bits per heavy atom. The van der Waals surface area contributed by atoms with Gasteiger partial charge in [-0.2, -0.15) is 18.3 Å². The van der Waals surface area contributed by atoms with Gasteiger partial charge in [0.05, 0.1) is 0 Å². The van der Waals surface area contributed by atoms with Crippen molar-refractivity contribution < 1.29 is 13.2 Å². The van der Waals surface area contributed by atoms with Gasteiger partial charge in [0.2, 0.25) is 0 Å². The van der Waals surface area contributed by atoms with Gasteiger partial charge in [-0.3, -0.25) is 4.40 Å². The van der Waals surface area contributed by atoms with Gasteiger partial charge in [-0.05, 0) is 23.9 Å². The Bertz CT molecular complexity index is 544. The van der Waals surface area contributed by atoms with Crippen molar-refractivity contribution >= 4 is 17.4 Å². The zero-order valence-electron chi connectivity index (χ0n) is 7.08. The van der Waals surface area contributed by atoms with E-state index in [4.69, 9.17) is 0 Å². The third-order valence-corrected chi connectivity index (χ3v) is 2.35. The number of nitrogens with zero attached hydrogens (tertiary/aromatic N) is 2. The maximum absolute atomic E-state index is 12.0. The number of fused-ring (bicyclic) bond motifs is 1. The van der Waals surface area contributed by atoms with Crippen molar-refractivity contribution in [3.63, 3.8) is 0 Å². The second-order valence-corrected chi connectivity index (χ2v) is 3.81. The van der Waals surface area contributed by atoms with Crippen molar-refractivity contribution in [2.24, 2.45) is 0 Å². The Morgan fingerprint density at radius 3 is 2.87 bits per heavy atom. The number of hydrogen-bond acceptors (Lipinski definition) is 3. The lowest BCUT2D eigenvalue weighted by atomic mass is 10.5. The van der Waals surface area contributed by atoms with Crippen molar-refractivity contribution in [3.05, 3.63) is 28.8 Å². The molecule has 1 N–H and O–H groups in total. The summed E-state index contributed by atoms with van der Waals surface area (Å²) in [5.41, 5.74) is -4.66.